The van der Waals surface area contributed by atoms with Crippen molar-refractivity contribution in [1.29, 1.82) is 0 Å². The molecule has 0 bridgehead atoms. The second-order valence-electron chi connectivity index (χ2n) is 4.62. The van der Waals surface area contributed by atoms with Crippen LogP contribution < -0.4 is 0 Å². The number of aliphatic carboxylic acids is 1. The van der Waals surface area contributed by atoms with Crippen LogP contribution in [0.5, 0.6) is 0 Å². The van der Waals surface area contributed by atoms with Crippen molar-refractivity contribution < 1.29 is 19.8 Å². The molecule has 0 aromatic heterocycles. The average Bonchev–Trinajstić information content (AvgIpc) is 2.27. The molecule has 6 heteroatoms. The first-order valence-corrected chi connectivity index (χ1v) is 5.45. The third-order valence-electron chi connectivity index (χ3n) is 3.20. The number of hydrogen-bond donors (Lipinski definition) is 2. The molecule has 0 radical (unpaired) electrons. The molecule has 0 aliphatic carbocycles. The monoisotopic (exact) mass is 238 g/mol. The van der Waals surface area contributed by atoms with E-state index in [1.54, 1.807) is 6.92 Å². The molecule has 0 fully saturated rings. The van der Waals surface area contributed by atoms with Gasteiger partial charge >= 0.3 is 12.1 Å². The third kappa shape index (κ3) is 1.90. The smallest absolute Gasteiger partial charge is 0.413 e. The van der Waals surface area contributed by atoms with Crippen LogP contribution in [0.1, 0.15) is 26.2 Å². The van der Waals surface area contributed by atoms with Gasteiger partial charge in [-0.15, -0.1) is 0 Å². The molecule has 0 saturated carbocycles. The number of carbonyl (C=O) groups is 2. The van der Waals surface area contributed by atoms with Gasteiger partial charge < -0.3 is 10.2 Å². The Labute approximate surface area is 98.3 Å². The summed E-state index contributed by atoms with van der Waals surface area (Å²) in [6.07, 6.45) is 2.09. The summed E-state index contributed by atoms with van der Waals surface area (Å²) in [6.45, 7) is 2.03. The molecule has 2 heterocycles. The zero-order valence-corrected chi connectivity index (χ0v) is 9.51. The highest BCUT2D eigenvalue weighted by Crippen LogP contribution is 2.36. The molecule has 2 aliphatic rings. The van der Waals surface area contributed by atoms with E-state index < -0.39 is 17.5 Å². The fourth-order valence-corrected chi connectivity index (χ4v) is 2.20. The molecule has 0 spiro atoms. The van der Waals surface area contributed by atoms with Crippen LogP contribution in [0, 0.1) is 5.41 Å². The first-order chi connectivity index (χ1) is 7.94. The van der Waals surface area contributed by atoms with Crippen LogP contribution in [-0.2, 0) is 4.79 Å². The first-order valence-electron chi connectivity index (χ1n) is 5.45. The lowest BCUT2D eigenvalue weighted by atomic mass is 9.81. The van der Waals surface area contributed by atoms with E-state index in [4.69, 9.17) is 10.2 Å². The summed E-state index contributed by atoms with van der Waals surface area (Å²) in [5.41, 5.74) is -0.188. The summed E-state index contributed by atoms with van der Waals surface area (Å²) in [7, 11) is 0. The Hall–Kier alpha value is -1.85. The van der Waals surface area contributed by atoms with Crippen LogP contribution in [-0.4, -0.2) is 39.9 Å². The molecule has 2 N–H and O–H groups in total. The zero-order valence-electron chi connectivity index (χ0n) is 9.51. The maximum absolute atomic E-state index is 11.1. The van der Waals surface area contributed by atoms with E-state index in [9.17, 15) is 9.59 Å². The Morgan fingerprint density at radius 3 is 2.76 bits per heavy atom. The van der Waals surface area contributed by atoms with Crippen LogP contribution in [0.4, 0.5) is 4.79 Å². The van der Waals surface area contributed by atoms with E-state index in [0.717, 1.165) is 18.4 Å². The summed E-state index contributed by atoms with van der Waals surface area (Å²) in [4.78, 5) is 27.4. The number of nitrogens with zero attached hydrogens (tertiary/aromatic N) is 2. The Morgan fingerprint density at radius 1 is 1.47 bits per heavy atom. The van der Waals surface area contributed by atoms with Gasteiger partial charge in [0.25, 0.3) is 0 Å². The lowest BCUT2D eigenvalue weighted by Gasteiger charge is -2.34. The van der Waals surface area contributed by atoms with Crippen molar-refractivity contribution >= 4 is 18.3 Å². The average molecular weight is 238 g/mol. The zero-order chi connectivity index (χ0) is 12.6. The van der Waals surface area contributed by atoms with E-state index in [1.165, 1.54) is 11.1 Å². The molecule has 1 amide bonds. The van der Waals surface area contributed by atoms with Crippen LogP contribution in [0.15, 0.2) is 16.4 Å². The van der Waals surface area contributed by atoms with E-state index >= 15 is 0 Å². The summed E-state index contributed by atoms with van der Waals surface area (Å²) >= 11 is 0. The minimum absolute atomic E-state index is 0.338. The quantitative estimate of drug-likeness (QED) is 0.724. The maximum Gasteiger partial charge on any atom is 0.413 e. The molecule has 92 valence electrons. The highest BCUT2D eigenvalue weighted by atomic mass is 16.4. The summed E-state index contributed by atoms with van der Waals surface area (Å²) in [5, 5.41) is 18.1. The molecule has 0 aromatic rings. The molecule has 1 atom stereocenters. The van der Waals surface area contributed by atoms with Crippen LogP contribution in [0.3, 0.4) is 0 Å². The van der Waals surface area contributed by atoms with Crippen molar-refractivity contribution in [2.45, 2.75) is 26.2 Å². The number of hydrogen-bond acceptors (Lipinski definition) is 3. The van der Waals surface area contributed by atoms with Gasteiger partial charge in [-0.2, -0.15) is 0 Å². The van der Waals surface area contributed by atoms with Crippen LogP contribution in [0.2, 0.25) is 0 Å². The van der Waals surface area contributed by atoms with Gasteiger partial charge in [-0.3, -0.25) is 9.69 Å². The number of carboxylic acids is 1. The van der Waals surface area contributed by atoms with Crippen molar-refractivity contribution in [2.24, 2.45) is 10.4 Å². The standard InChI is InChI=1S/C11H14N2O4/c1-11(9(14)15)5-7-3-2-4-13(10(16)17)8(7)12-6-11/h6H,2-5H2,1H3,(H,14,15)(H,16,17). The van der Waals surface area contributed by atoms with E-state index in [2.05, 4.69) is 4.99 Å². The molecule has 0 saturated heterocycles. The van der Waals surface area contributed by atoms with Gasteiger partial charge in [-0.25, -0.2) is 9.79 Å². The van der Waals surface area contributed by atoms with Gasteiger partial charge in [0.05, 0.1) is 0 Å². The first kappa shape index (κ1) is 11.6. The van der Waals surface area contributed by atoms with Gasteiger partial charge in [0, 0.05) is 12.8 Å². The summed E-state index contributed by atoms with van der Waals surface area (Å²) in [5.74, 6) is -0.511. The lowest BCUT2D eigenvalue weighted by Crippen LogP contribution is -2.39. The van der Waals surface area contributed by atoms with Crippen molar-refractivity contribution in [3.63, 3.8) is 0 Å². The topological polar surface area (TPSA) is 90.2 Å². The molecule has 0 aromatic carbocycles. The highest BCUT2D eigenvalue weighted by Gasteiger charge is 2.38. The highest BCUT2D eigenvalue weighted by molar-refractivity contribution is 5.95. The van der Waals surface area contributed by atoms with Crippen LogP contribution >= 0.6 is 0 Å². The normalized spacial score (nSPS) is 27.9. The maximum atomic E-state index is 11.1. The Bertz CT molecular complexity index is 441. The van der Waals surface area contributed by atoms with Crippen molar-refractivity contribution in [3.05, 3.63) is 11.4 Å². The molecule has 2 rings (SSSR count). The lowest BCUT2D eigenvalue weighted by molar-refractivity contribution is -0.143. The largest absolute Gasteiger partial charge is 0.481 e. The molecular weight excluding hydrogens is 224 g/mol. The Kier molecular flexibility index (Phi) is 2.65. The summed E-state index contributed by atoms with van der Waals surface area (Å²) < 4.78 is 0. The number of rotatable bonds is 1. The van der Waals surface area contributed by atoms with E-state index in [-0.39, 0.29) is 0 Å². The van der Waals surface area contributed by atoms with Crippen molar-refractivity contribution in [3.8, 4) is 0 Å². The molecular formula is C11H14N2O4. The second-order valence-corrected chi connectivity index (χ2v) is 4.62. The minimum Gasteiger partial charge on any atom is -0.481 e. The van der Waals surface area contributed by atoms with Gasteiger partial charge in [-0.1, -0.05) is 0 Å². The van der Waals surface area contributed by atoms with Crippen molar-refractivity contribution in [2.75, 3.05) is 6.54 Å². The van der Waals surface area contributed by atoms with Crippen molar-refractivity contribution in [1.82, 2.24) is 4.90 Å². The van der Waals surface area contributed by atoms with Gasteiger partial charge in [0.15, 0.2) is 0 Å². The molecule has 1 unspecified atom stereocenters. The minimum atomic E-state index is -1.03. The summed E-state index contributed by atoms with van der Waals surface area (Å²) in [6, 6.07) is 0. The number of aliphatic imine (C=N–C) groups is 1. The number of allylic oxidation sites excluding steroid dienone is 1. The molecule has 2 aliphatic heterocycles. The van der Waals surface area contributed by atoms with Gasteiger partial charge in [0.2, 0.25) is 0 Å². The van der Waals surface area contributed by atoms with Gasteiger partial charge in [-0.05, 0) is 31.8 Å². The number of amides is 1. The second kappa shape index (κ2) is 3.87. The SMILES string of the molecule is CC1(C(=O)O)C=NC2=C(CCCN2C(=O)O)C1. The third-order valence-corrected chi connectivity index (χ3v) is 3.20. The van der Waals surface area contributed by atoms with Crippen LogP contribution in [0.25, 0.3) is 0 Å². The Balaban J connectivity index is 2.33. The predicted octanol–water partition coefficient (Wildman–Crippen LogP) is 1.54. The Morgan fingerprint density at radius 2 is 2.18 bits per heavy atom. The van der Waals surface area contributed by atoms with E-state index in [1.807, 2.05) is 0 Å². The molecule has 6 nitrogen and oxygen atoms in total. The number of carboxylic acid groups (broad SMARTS) is 2. The molecule has 17 heavy (non-hydrogen) atoms. The fourth-order valence-electron chi connectivity index (χ4n) is 2.20. The fraction of sp³-hybridized carbons (Fsp3) is 0.545. The van der Waals surface area contributed by atoms with E-state index in [0.29, 0.717) is 18.8 Å². The van der Waals surface area contributed by atoms with Gasteiger partial charge in [0.1, 0.15) is 11.2 Å². The predicted molar refractivity (Wildman–Crippen MR) is 59.8 cm³/mol.